The van der Waals surface area contributed by atoms with Gasteiger partial charge in [-0.2, -0.15) is 0 Å². The highest BCUT2D eigenvalue weighted by atomic mass is 16.5. The molecule has 1 unspecified atom stereocenters. The van der Waals surface area contributed by atoms with Crippen LogP contribution in [0.25, 0.3) is 22.4 Å². The van der Waals surface area contributed by atoms with Crippen molar-refractivity contribution in [2.24, 2.45) is 0 Å². The smallest absolute Gasteiger partial charge is 0.203 e. The first-order chi connectivity index (χ1) is 27.5. The molecule has 8 nitrogen and oxygen atoms in total. The number of aromatic nitrogens is 1. The maximum Gasteiger partial charge on any atom is 0.203 e. The maximum absolute atomic E-state index is 5.81. The number of anilines is 1. The van der Waals surface area contributed by atoms with E-state index in [0.717, 1.165) is 72.8 Å². The summed E-state index contributed by atoms with van der Waals surface area (Å²) in [5.74, 6) is 4.01. The molecular weight excluding hydrogens is 699 g/mol. The van der Waals surface area contributed by atoms with Crippen molar-refractivity contribution in [3.63, 3.8) is 0 Å². The van der Waals surface area contributed by atoms with Crippen LogP contribution in [-0.4, -0.2) is 53.1 Å². The molecule has 0 amide bonds. The molecular formula is C48H57N3O5. The Kier molecular flexibility index (Phi) is 12.7. The van der Waals surface area contributed by atoms with E-state index in [1.165, 1.54) is 65.6 Å². The van der Waals surface area contributed by atoms with Gasteiger partial charge in [0.05, 0.1) is 41.2 Å². The van der Waals surface area contributed by atoms with Gasteiger partial charge in [-0.15, -0.1) is 0 Å². The van der Waals surface area contributed by atoms with E-state index in [1.807, 2.05) is 18.3 Å². The molecule has 0 spiro atoms. The molecule has 1 heterocycles. The van der Waals surface area contributed by atoms with Crippen molar-refractivity contribution >= 4 is 5.69 Å². The van der Waals surface area contributed by atoms with Gasteiger partial charge in [0.2, 0.25) is 5.75 Å². The summed E-state index contributed by atoms with van der Waals surface area (Å²) >= 11 is 0. The zero-order valence-electron chi connectivity index (χ0n) is 34.0. The molecule has 1 N–H and O–H groups in total. The van der Waals surface area contributed by atoms with Crippen molar-refractivity contribution in [3.05, 3.63) is 113 Å². The van der Waals surface area contributed by atoms with E-state index in [0.29, 0.717) is 29.2 Å². The second-order valence-electron chi connectivity index (χ2n) is 15.0. The Hall–Kier alpha value is -5.21. The summed E-state index contributed by atoms with van der Waals surface area (Å²) in [4.78, 5) is 7.41. The van der Waals surface area contributed by atoms with E-state index in [2.05, 4.69) is 83.9 Å². The van der Waals surface area contributed by atoms with Crippen LogP contribution in [0, 0.1) is 0 Å². The summed E-state index contributed by atoms with van der Waals surface area (Å²) < 4.78 is 28.7. The lowest BCUT2D eigenvalue weighted by atomic mass is 9.79. The third-order valence-corrected chi connectivity index (χ3v) is 11.8. The minimum Gasteiger partial charge on any atom is -0.493 e. The van der Waals surface area contributed by atoms with E-state index in [4.69, 9.17) is 28.7 Å². The molecule has 2 aliphatic carbocycles. The number of hydrogen-bond acceptors (Lipinski definition) is 8. The third-order valence-electron chi connectivity index (χ3n) is 11.8. The van der Waals surface area contributed by atoms with Crippen LogP contribution in [0.4, 0.5) is 5.69 Å². The SMILES string of the molecule is CCC(CCNCc1ccnc(-c2cc(OC)c(OC)c(C3CCC3)c2)c1)N(Cc1ccccc1-c1cc(OC)c(OC)c(OC)c1)c1ccc2c(c1)CCC2. The number of pyridine rings is 1. The molecule has 1 saturated carbocycles. The molecule has 7 rings (SSSR count). The lowest BCUT2D eigenvalue weighted by molar-refractivity contribution is 0.324. The molecule has 0 aliphatic heterocycles. The Bertz CT molecular complexity index is 2090. The number of fused-ring (bicyclic) bond motifs is 1. The van der Waals surface area contributed by atoms with Crippen molar-refractivity contribution in [2.45, 2.75) is 83.3 Å². The average molecular weight is 756 g/mol. The summed E-state index contributed by atoms with van der Waals surface area (Å²) in [6.45, 7) is 4.73. The molecule has 1 atom stereocenters. The van der Waals surface area contributed by atoms with Gasteiger partial charge in [-0.05, 0) is 139 Å². The van der Waals surface area contributed by atoms with Crippen LogP contribution < -0.4 is 33.9 Å². The number of nitrogens with one attached hydrogen (secondary N) is 1. The van der Waals surface area contributed by atoms with Crippen molar-refractivity contribution < 1.29 is 23.7 Å². The van der Waals surface area contributed by atoms with E-state index >= 15 is 0 Å². The number of aryl methyl sites for hydroxylation is 2. The van der Waals surface area contributed by atoms with E-state index in [9.17, 15) is 0 Å². The lowest BCUT2D eigenvalue weighted by Gasteiger charge is -2.35. The van der Waals surface area contributed by atoms with E-state index in [1.54, 1.807) is 35.5 Å². The van der Waals surface area contributed by atoms with Gasteiger partial charge in [-0.25, -0.2) is 0 Å². The van der Waals surface area contributed by atoms with Crippen LogP contribution in [0.5, 0.6) is 28.7 Å². The van der Waals surface area contributed by atoms with Gasteiger partial charge in [-0.3, -0.25) is 4.98 Å². The summed E-state index contributed by atoms with van der Waals surface area (Å²) in [5.41, 5.74) is 12.1. The highest BCUT2D eigenvalue weighted by molar-refractivity contribution is 5.74. The first kappa shape index (κ1) is 39.0. The Morgan fingerprint density at radius 3 is 2.14 bits per heavy atom. The Labute approximate surface area is 333 Å². The molecule has 2 aliphatic rings. The fourth-order valence-electron chi connectivity index (χ4n) is 8.52. The number of methoxy groups -OCH3 is 5. The molecule has 1 fully saturated rings. The van der Waals surface area contributed by atoms with Crippen molar-refractivity contribution in [1.82, 2.24) is 10.3 Å². The molecule has 0 saturated heterocycles. The van der Waals surface area contributed by atoms with Crippen LogP contribution in [0.1, 0.15) is 79.2 Å². The largest absolute Gasteiger partial charge is 0.493 e. The summed E-state index contributed by atoms with van der Waals surface area (Å²) in [6.07, 6.45) is 11.1. The average Bonchev–Trinajstić information content (AvgIpc) is 3.70. The molecule has 1 aromatic heterocycles. The maximum atomic E-state index is 5.81. The van der Waals surface area contributed by atoms with Crippen molar-refractivity contribution in [3.8, 4) is 51.1 Å². The van der Waals surface area contributed by atoms with Gasteiger partial charge >= 0.3 is 0 Å². The summed E-state index contributed by atoms with van der Waals surface area (Å²) in [6, 6.07) is 28.9. The second-order valence-corrected chi connectivity index (χ2v) is 15.0. The number of benzene rings is 4. The molecule has 294 valence electrons. The highest BCUT2D eigenvalue weighted by Crippen LogP contribution is 2.47. The van der Waals surface area contributed by atoms with Crippen LogP contribution in [0.3, 0.4) is 0 Å². The first-order valence-corrected chi connectivity index (χ1v) is 20.2. The third kappa shape index (κ3) is 8.31. The second kappa shape index (κ2) is 18.2. The topological polar surface area (TPSA) is 74.3 Å². The van der Waals surface area contributed by atoms with Gasteiger partial charge in [-0.1, -0.05) is 43.7 Å². The minimum absolute atomic E-state index is 0.319. The predicted octanol–water partition coefficient (Wildman–Crippen LogP) is 10.2. The predicted molar refractivity (Wildman–Crippen MR) is 226 cm³/mol. The molecule has 0 bridgehead atoms. The Balaban J connectivity index is 1.11. The van der Waals surface area contributed by atoms with Crippen LogP contribution in [-0.2, 0) is 25.9 Å². The van der Waals surface area contributed by atoms with Crippen molar-refractivity contribution in [1.29, 1.82) is 0 Å². The van der Waals surface area contributed by atoms with Crippen LogP contribution in [0.2, 0.25) is 0 Å². The molecule has 56 heavy (non-hydrogen) atoms. The Morgan fingerprint density at radius 1 is 0.732 bits per heavy atom. The molecule has 4 aromatic carbocycles. The van der Waals surface area contributed by atoms with Gasteiger partial charge in [0.1, 0.15) is 0 Å². The first-order valence-electron chi connectivity index (χ1n) is 20.2. The number of rotatable bonds is 18. The van der Waals surface area contributed by atoms with Crippen LogP contribution >= 0.6 is 0 Å². The zero-order chi connectivity index (χ0) is 39.0. The van der Waals surface area contributed by atoms with E-state index < -0.39 is 0 Å². The fourth-order valence-corrected chi connectivity index (χ4v) is 8.52. The number of nitrogens with zero attached hydrogens (tertiary/aromatic N) is 2. The molecule has 5 aromatic rings. The molecule has 8 heteroatoms. The fraction of sp³-hybridized carbons (Fsp3) is 0.396. The highest BCUT2D eigenvalue weighted by Gasteiger charge is 2.27. The minimum atomic E-state index is 0.319. The quantitative estimate of drug-likeness (QED) is 0.0887. The van der Waals surface area contributed by atoms with Gasteiger partial charge in [0, 0.05) is 42.1 Å². The number of hydrogen-bond donors (Lipinski definition) is 1. The van der Waals surface area contributed by atoms with Gasteiger partial charge in [0.25, 0.3) is 0 Å². The summed E-state index contributed by atoms with van der Waals surface area (Å²) in [7, 11) is 8.42. The van der Waals surface area contributed by atoms with Crippen LogP contribution in [0.15, 0.2) is 85.1 Å². The van der Waals surface area contributed by atoms with E-state index in [-0.39, 0.29) is 0 Å². The van der Waals surface area contributed by atoms with Crippen molar-refractivity contribution in [2.75, 3.05) is 47.0 Å². The molecule has 0 radical (unpaired) electrons. The normalized spacial score (nSPS) is 14.1. The monoisotopic (exact) mass is 755 g/mol. The number of ether oxygens (including phenoxy) is 5. The van der Waals surface area contributed by atoms with Gasteiger partial charge in [0.15, 0.2) is 23.0 Å². The standard InChI is InChI=1S/C48H57N3O5/c1-7-39(21-22-49-30-32-20-23-50-43(24-32)38-26-42(34-14-11-15-34)47(55-5)44(29-38)52-2)51(40-19-18-33-13-10-16-35(33)25-40)31-36-12-8-9-17-41(36)37-27-45(53-3)48(56-6)46(28-37)54-4/h8-9,12,17-20,23-29,34,39,49H,7,10-11,13-16,21-22,30-31H2,1-6H3. The van der Waals surface area contributed by atoms with Gasteiger partial charge < -0.3 is 33.9 Å². The lowest BCUT2D eigenvalue weighted by Crippen LogP contribution is -2.37. The zero-order valence-corrected chi connectivity index (χ0v) is 34.0. The summed E-state index contributed by atoms with van der Waals surface area (Å²) in [5, 5.41) is 3.78. The Morgan fingerprint density at radius 2 is 1.45 bits per heavy atom.